The third-order valence-corrected chi connectivity index (χ3v) is 20.2. The summed E-state index contributed by atoms with van der Waals surface area (Å²) in [5.41, 5.74) is 2.74. The van der Waals surface area contributed by atoms with E-state index in [1.807, 2.05) is 62.3 Å². The van der Waals surface area contributed by atoms with Crippen molar-refractivity contribution in [1.29, 1.82) is 0 Å². The molecule has 1 aliphatic carbocycles. The summed E-state index contributed by atoms with van der Waals surface area (Å²) in [6, 6.07) is 13.4. The predicted octanol–water partition coefficient (Wildman–Crippen LogP) is 15.0. The molecule has 15 nitrogen and oxygen atoms in total. The van der Waals surface area contributed by atoms with Gasteiger partial charge in [0.15, 0.2) is 0 Å². The van der Waals surface area contributed by atoms with Gasteiger partial charge >= 0.3 is 0 Å². The Morgan fingerprint density at radius 2 is 0.704 bits per heavy atom. The number of amides is 3. The number of ether oxygens (including phenoxy) is 1. The van der Waals surface area contributed by atoms with E-state index in [2.05, 4.69) is 179 Å². The Balaban J connectivity index is 0.000000379. The van der Waals surface area contributed by atoms with Gasteiger partial charge in [-0.1, -0.05) is 131 Å². The van der Waals surface area contributed by atoms with Gasteiger partial charge in [-0.15, -0.1) is 0 Å². The van der Waals surface area contributed by atoms with Crippen LogP contribution in [-0.4, -0.2) is 269 Å². The predicted molar refractivity (Wildman–Crippen MR) is 423 cm³/mol. The zero-order chi connectivity index (χ0) is 72.8. The monoisotopic (exact) mass is 1370 g/mol. The first-order valence-electron chi connectivity index (χ1n) is 40.4. The Labute approximate surface area is 606 Å². The first-order chi connectivity index (χ1) is 46.7. The summed E-state index contributed by atoms with van der Waals surface area (Å²) in [5.74, 6) is 2.71. The standard InChI is InChI=1S/C14H20N2O.C11H23NO.C9H18N2O.C9H17NO.C8H18N2.3C8H17N.C8H12/c1-12(2)14(17)16-10-8-15(9-11-16)13-6-4-3-5-7-13;1-11(2)10-13-9-8-12-6-4-3-5-7-12;1-8(2)9(12)11-6-4-10(3)5-7-11;1-8(2)9(11)10-6-4-3-5-7-10;1-8(2)10-6-4-9(3)5-7-10;3*1-8(2)9-6-4-3-5-7-9;1-7(2)8-5-3-4-6-8/h3-7,12H,8-11H2,1-2H3;11H,3-10H2,1-2H3;8H,4-7H2,1-3H3;8H,3-7H2,1-2H3;8H,4-7H2,1-3H3;3*8H,3-7H2,1-2H3;3,5-7H,4H2,1-2H3. The molecular weight excluding hydrogens is 1210 g/mol. The van der Waals surface area contributed by atoms with Gasteiger partial charge in [-0.25, -0.2) is 0 Å². The number of carbonyl (C=O) groups excluding carboxylic acids is 3. The van der Waals surface area contributed by atoms with Crippen molar-refractivity contribution in [2.75, 3.05) is 183 Å². The summed E-state index contributed by atoms with van der Waals surface area (Å²) in [7, 11) is 4.29. The second-order valence-electron chi connectivity index (χ2n) is 32.0. The van der Waals surface area contributed by atoms with Gasteiger partial charge in [0.1, 0.15) is 0 Å². The van der Waals surface area contributed by atoms with Crippen LogP contribution in [0.5, 0.6) is 0 Å². The first-order valence-corrected chi connectivity index (χ1v) is 40.4. The number of hydrogen-bond acceptors (Lipinski definition) is 12. The molecule has 1 aromatic carbocycles. The van der Waals surface area contributed by atoms with Crippen LogP contribution in [0.25, 0.3) is 0 Å². The number of anilines is 1. The molecule has 8 saturated heterocycles. The van der Waals surface area contributed by atoms with Crippen LogP contribution >= 0.6 is 0 Å². The fourth-order valence-electron chi connectivity index (χ4n) is 13.3. The van der Waals surface area contributed by atoms with Crippen LogP contribution in [0.4, 0.5) is 5.69 Å². The summed E-state index contributed by atoms with van der Waals surface area (Å²) in [5, 5.41) is 0. The quantitative estimate of drug-likeness (QED) is 0.166. The summed E-state index contributed by atoms with van der Waals surface area (Å²) in [6.45, 7) is 66.7. The van der Waals surface area contributed by atoms with E-state index in [1.54, 1.807) is 0 Å². The molecule has 0 N–H and O–H groups in total. The molecule has 0 unspecified atom stereocenters. The van der Waals surface area contributed by atoms with Crippen LogP contribution in [0.3, 0.4) is 0 Å². The lowest BCUT2D eigenvalue weighted by molar-refractivity contribution is -0.136. The molecule has 1 aromatic rings. The molecular formula is C83H159N11O4. The molecule has 0 spiro atoms. The Kier molecular flexibility index (Phi) is 50.2. The number of likely N-dealkylation sites (N-methyl/N-ethyl adjacent to an activating group) is 2. The van der Waals surface area contributed by atoms with E-state index in [9.17, 15) is 14.4 Å². The fraction of sp³-hybridized carbons (Fsp3) is 0.843. The number of para-hydroxylation sites is 1. The van der Waals surface area contributed by atoms with Gasteiger partial charge in [0.05, 0.1) is 6.61 Å². The minimum absolute atomic E-state index is 0.110. The van der Waals surface area contributed by atoms with Gasteiger partial charge in [0.2, 0.25) is 17.7 Å². The van der Waals surface area contributed by atoms with Crippen LogP contribution in [0.1, 0.15) is 227 Å². The van der Waals surface area contributed by atoms with Gasteiger partial charge in [-0.05, 0) is 228 Å². The van der Waals surface area contributed by atoms with Gasteiger partial charge in [-0.3, -0.25) is 19.3 Å². The van der Waals surface area contributed by atoms with E-state index in [4.69, 9.17) is 4.74 Å². The molecule has 3 amide bonds. The van der Waals surface area contributed by atoms with E-state index in [-0.39, 0.29) is 23.7 Å². The van der Waals surface area contributed by atoms with Gasteiger partial charge in [-0.2, -0.15) is 0 Å². The molecule has 0 bridgehead atoms. The van der Waals surface area contributed by atoms with Crippen molar-refractivity contribution in [3.05, 3.63) is 54.1 Å². The minimum Gasteiger partial charge on any atom is -0.380 e. The molecule has 9 aliphatic rings. The lowest BCUT2D eigenvalue weighted by Crippen LogP contribution is -2.49. The molecule has 10 rings (SSSR count). The Bertz CT molecular complexity index is 2100. The number of nitrogens with zero attached hydrogens (tertiary/aromatic N) is 11. The zero-order valence-corrected chi connectivity index (χ0v) is 67.9. The van der Waals surface area contributed by atoms with Crippen molar-refractivity contribution in [2.45, 2.75) is 252 Å². The van der Waals surface area contributed by atoms with Crippen molar-refractivity contribution in [1.82, 2.24) is 49.0 Å². The Morgan fingerprint density at radius 1 is 0.378 bits per heavy atom. The number of allylic oxidation sites excluding steroid dienone is 4. The van der Waals surface area contributed by atoms with Crippen LogP contribution in [0.2, 0.25) is 0 Å². The van der Waals surface area contributed by atoms with Crippen molar-refractivity contribution in [2.24, 2.45) is 29.6 Å². The highest BCUT2D eigenvalue weighted by atomic mass is 16.5. The molecule has 15 heteroatoms. The number of piperazine rings is 3. The second kappa shape index (κ2) is 54.3. The minimum atomic E-state index is 0.110. The summed E-state index contributed by atoms with van der Waals surface area (Å²) in [4.78, 5) is 60.4. The third-order valence-electron chi connectivity index (χ3n) is 20.2. The van der Waals surface area contributed by atoms with Gasteiger partial charge in [0, 0.05) is 152 Å². The van der Waals surface area contributed by atoms with Crippen LogP contribution in [0.15, 0.2) is 54.1 Å². The number of benzene rings is 1. The topological polar surface area (TPSA) is 96.1 Å². The summed E-state index contributed by atoms with van der Waals surface area (Å²) in [6.07, 6.45) is 28.5. The maximum absolute atomic E-state index is 11.8. The Morgan fingerprint density at radius 3 is 1.01 bits per heavy atom. The Hall–Kier alpha value is -3.41. The summed E-state index contributed by atoms with van der Waals surface area (Å²) >= 11 is 0. The summed E-state index contributed by atoms with van der Waals surface area (Å²) < 4.78 is 5.56. The van der Waals surface area contributed by atoms with E-state index in [0.29, 0.717) is 23.7 Å². The van der Waals surface area contributed by atoms with Gasteiger partial charge < -0.3 is 53.7 Å². The average molecular weight is 1380 g/mol. The molecule has 0 atom stereocenters. The van der Waals surface area contributed by atoms with Crippen LogP contribution in [0, 0.1) is 29.6 Å². The van der Waals surface area contributed by atoms with E-state index in [0.717, 1.165) is 116 Å². The molecule has 570 valence electrons. The van der Waals surface area contributed by atoms with Crippen molar-refractivity contribution >= 4 is 23.4 Å². The maximum Gasteiger partial charge on any atom is 0.225 e. The fourth-order valence-corrected chi connectivity index (χ4v) is 13.3. The van der Waals surface area contributed by atoms with E-state index < -0.39 is 0 Å². The lowest BCUT2D eigenvalue weighted by Gasteiger charge is -2.36. The highest BCUT2D eigenvalue weighted by Gasteiger charge is 2.25. The van der Waals surface area contributed by atoms with E-state index >= 15 is 0 Å². The van der Waals surface area contributed by atoms with Crippen molar-refractivity contribution < 1.29 is 19.1 Å². The molecule has 8 aliphatic heterocycles. The number of hydrogen-bond donors (Lipinski definition) is 0. The van der Waals surface area contributed by atoms with Gasteiger partial charge in [0.25, 0.3) is 0 Å². The van der Waals surface area contributed by atoms with Crippen LogP contribution < -0.4 is 4.90 Å². The number of likely N-dealkylation sites (tertiary alicyclic amines) is 5. The first kappa shape index (κ1) is 90.7. The van der Waals surface area contributed by atoms with Crippen LogP contribution in [-0.2, 0) is 19.1 Å². The van der Waals surface area contributed by atoms with E-state index in [1.165, 1.54) is 186 Å². The lowest BCUT2D eigenvalue weighted by atomic mass is 10.1. The normalized spacial score (nSPS) is 20.3. The molecule has 8 heterocycles. The SMILES string of the molecule is CC(C)C(=O)N1CCCCC1.CC(C)C(=O)N1CCN(C)CC1.CC(C)C(=O)N1CCN(c2ccccc2)CC1.CC(C)C1=CCC=C1.CC(C)COCCN1CCCCC1.CC(C)N1CCCCC1.CC(C)N1CCCCC1.CC(C)N1CCCCC1.CC(C)N1CCN(C)CC1. The molecule has 0 radical (unpaired) electrons. The van der Waals surface area contributed by atoms with Crippen molar-refractivity contribution in [3.63, 3.8) is 0 Å². The second-order valence-corrected chi connectivity index (χ2v) is 32.0. The highest BCUT2D eigenvalue weighted by Crippen LogP contribution is 2.20. The average Bonchev–Trinajstić information content (AvgIpc) is 1.02. The highest BCUT2D eigenvalue weighted by molar-refractivity contribution is 5.79. The number of rotatable bonds is 14. The van der Waals surface area contributed by atoms with Crippen molar-refractivity contribution in [3.8, 4) is 0 Å². The molecule has 0 aromatic heterocycles. The smallest absolute Gasteiger partial charge is 0.225 e. The molecule has 98 heavy (non-hydrogen) atoms. The third kappa shape index (κ3) is 41.6. The largest absolute Gasteiger partial charge is 0.380 e. The number of piperidine rings is 5. The molecule has 0 saturated carbocycles. The zero-order valence-electron chi connectivity index (χ0n) is 67.9. The number of carbonyl (C=O) groups is 3. The molecule has 8 fully saturated rings. The maximum atomic E-state index is 11.8.